The van der Waals surface area contributed by atoms with E-state index >= 15 is 0 Å². The number of nitrogens with one attached hydrogen (secondary N) is 1. The van der Waals surface area contributed by atoms with Crippen molar-refractivity contribution in [1.82, 2.24) is 29.9 Å². The minimum absolute atomic E-state index is 0.0742. The zero-order chi connectivity index (χ0) is 14.8. The lowest BCUT2D eigenvalue weighted by molar-refractivity contribution is -0.117. The lowest BCUT2D eigenvalue weighted by Crippen LogP contribution is -2.39. The normalized spacial score (nSPS) is 15.0. The van der Waals surface area contributed by atoms with Crippen LogP contribution in [-0.4, -0.2) is 48.9 Å². The Labute approximate surface area is 126 Å². The largest absolute Gasteiger partial charge is 0.313 e. The molecule has 0 atom stereocenters. The second-order valence-corrected chi connectivity index (χ2v) is 6.10. The predicted octanol–water partition coefficient (Wildman–Crippen LogP) is 0.455. The summed E-state index contributed by atoms with van der Waals surface area (Å²) in [5.41, 5.74) is 0. The fraction of sp³-hybridized carbons (Fsp3) is 0.583. The molecule has 2 aromatic rings. The van der Waals surface area contributed by atoms with Gasteiger partial charge in [0.15, 0.2) is 0 Å². The van der Waals surface area contributed by atoms with Crippen LogP contribution in [0.5, 0.6) is 0 Å². The Morgan fingerprint density at radius 1 is 1.29 bits per heavy atom. The zero-order valence-corrected chi connectivity index (χ0v) is 12.9. The molecule has 1 amide bonds. The number of amides is 1. The fourth-order valence-corrected chi connectivity index (χ4v) is 2.98. The van der Waals surface area contributed by atoms with Gasteiger partial charge in [0.2, 0.25) is 11.0 Å². The Morgan fingerprint density at radius 3 is 2.86 bits per heavy atom. The van der Waals surface area contributed by atoms with Gasteiger partial charge in [0.1, 0.15) is 16.7 Å². The Kier molecular flexibility index (Phi) is 3.93. The van der Waals surface area contributed by atoms with Gasteiger partial charge in [-0.1, -0.05) is 18.3 Å². The number of nitrogens with zero attached hydrogens (tertiary/aromatic N) is 6. The summed E-state index contributed by atoms with van der Waals surface area (Å²) in [5, 5.41) is 20.3. The molecule has 0 saturated carbocycles. The van der Waals surface area contributed by atoms with Crippen LogP contribution in [0.4, 0.5) is 5.13 Å². The van der Waals surface area contributed by atoms with Crippen molar-refractivity contribution in [1.29, 1.82) is 0 Å². The van der Waals surface area contributed by atoms with Crippen LogP contribution < -0.4 is 5.32 Å². The summed E-state index contributed by atoms with van der Waals surface area (Å²) in [6, 6.07) is 0. The zero-order valence-electron chi connectivity index (χ0n) is 12.0. The molecule has 0 radical (unpaired) electrons. The molecule has 3 heterocycles. The molecule has 2 aromatic heterocycles. The third-order valence-corrected chi connectivity index (χ3v) is 4.12. The second kappa shape index (κ2) is 5.86. The molecule has 8 nitrogen and oxygen atoms in total. The summed E-state index contributed by atoms with van der Waals surface area (Å²) < 4.78 is 2.14. The number of rotatable bonds is 4. The van der Waals surface area contributed by atoms with Crippen LogP contribution in [-0.2, 0) is 24.3 Å². The summed E-state index contributed by atoms with van der Waals surface area (Å²) in [5.74, 6) is 1.87. The predicted molar refractivity (Wildman–Crippen MR) is 78.0 cm³/mol. The molecule has 0 fully saturated rings. The van der Waals surface area contributed by atoms with Crippen molar-refractivity contribution in [2.24, 2.45) is 0 Å². The number of hydrogen-bond donors (Lipinski definition) is 1. The molecule has 9 heteroatoms. The van der Waals surface area contributed by atoms with Crippen LogP contribution in [0.25, 0.3) is 0 Å². The van der Waals surface area contributed by atoms with E-state index in [4.69, 9.17) is 0 Å². The molecule has 21 heavy (non-hydrogen) atoms. The number of fused-ring (bicyclic) bond motifs is 1. The summed E-state index contributed by atoms with van der Waals surface area (Å²) in [6.45, 7) is 6.55. The van der Waals surface area contributed by atoms with Gasteiger partial charge in [-0.15, -0.1) is 20.4 Å². The van der Waals surface area contributed by atoms with Gasteiger partial charge in [-0.05, 0) is 6.92 Å². The molecule has 0 aromatic carbocycles. The van der Waals surface area contributed by atoms with Crippen molar-refractivity contribution >= 4 is 22.4 Å². The highest BCUT2D eigenvalue weighted by molar-refractivity contribution is 7.15. The molecule has 1 N–H and O–H groups in total. The number of anilines is 1. The maximum Gasteiger partial charge on any atom is 0.240 e. The Morgan fingerprint density at radius 2 is 2.14 bits per heavy atom. The molecule has 1 aliphatic heterocycles. The quantitative estimate of drug-likeness (QED) is 0.882. The highest BCUT2D eigenvalue weighted by Crippen LogP contribution is 2.15. The third-order valence-electron chi connectivity index (χ3n) is 3.36. The van der Waals surface area contributed by atoms with Gasteiger partial charge in [0, 0.05) is 19.5 Å². The maximum absolute atomic E-state index is 12.0. The first-order chi connectivity index (χ1) is 10.2. The Hall–Kier alpha value is -1.87. The summed E-state index contributed by atoms with van der Waals surface area (Å²) >= 11 is 1.37. The van der Waals surface area contributed by atoms with E-state index < -0.39 is 0 Å². The Bertz CT molecular complexity index is 650. The summed E-state index contributed by atoms with van der Waals surface area (Å²) in [7, 11) is 0. The van der Waals surface area contributed by atoms with Crippen LogP contribution in [0.2, 0.25) is 0 Å². The van der Waals surface area contributed by atoms with E-state index in [0.29, 0.717) is 18.2 Å². The number of hydrogen-bond acceptors (Lipinski definition) is 7. The van der Waals surface area contributed by atoms with Crippen LogP contribution >= 0.6 is 11.3 Å². The van der Waals surface area contributed by atoms with E-state index in [1.54, 1.807) is 0 Å². The van der Waals surface area contributed by atoms with Crippen LogP contribution in [0.3, 0.4) is 0 Å². The van der Waals surface area contributed by atoms with Gasteiger partial charge in [0.25, 0.3) is 0 Å². The van der Waals surface area contributed by atoms with E-state index in [2.05, 4.69) is 42.1 Å². The second-order valence-electron chi connectivity index (χ2n) is 4.92. The topological polar surface area (TPSA) is 88.8 Å². The van der Waals surface area contributed by atoms with E-state index in [1.807, 2.05) is 6.92 Å². The molecule has 1 aliphatic rings. The van der Waals surface area contributed by atoms with Crippen molar-refractivity contribution in [2.45, 2.75) is 33.4 Å². The molecule has 0 unspecified atom stereocenters. The molecule has 0 spiro atoms. The molecular weight excluding hydrogens is 290 g/mol. The van der Waals surface area contributed by atoms with Crippen molar-refractivity contribution < 1.29 is 4.79 Å². The molecule has 0 bridgehead atoms. The average Bonchev–Trinajstić information content (AvgIpc) is 3.04. The van der Waals surface area contributed by atoms with E-state index in [-0.39, 0.29) is 5.91 Å². The van der Waals surface area contributed by atoms with Crippen molar-refractivity contribution in [2.75, 3.05) is 18.4 Å². The molecule has 0 aliphatic carbocycles. The third kappa shape index (κ3) is 3.08. The number of carbonyl (C=O) groups excluding carboxylic acids is 1. The van der Waals surface area contributed by atoms with Gasteiger partial charge in [0.05, 0.1) is 13.1 Å². The SMILES string of the molecule is CCc1nnc2n1CCN(CC(=O)Nc1nnc(C)s1)C2. The molecule has 112 valence electrons. The molecule has 0 saturated heterocycles. The van der Waals surface area contributed by atoms with Gasteiger partial charge in [-0.25, -0.2) is 0 Å². The lowest BCUT2D eigenvalue weighted by Gasteiger charge is -2.26. The minimum atomic E-state index is -0.0742. The van der Waals surface area contributed by atoms with Crippen LogP contribution in [0, 0.1) is 6.92 Å². The molecule has 3 rings (SSSR count). The van der Waals surface area contributed by atoms with Gasteiger partial charge in [-0.3, -0.25) is 15.0 Å². The van der Waals surface area contributed by atoms with Crippen LogP contribution in [0.1, 0.15) is 23.6 Å². The lowest BCUT2D eigenvalue weighted by atomic mass is 10.3. The highest BCUT2D eigenvalue weighted by Gasteiger charge is 2.22. The van der Waals surface area contributed by atoms with E-state index in [9.17, 15) is 4.79 Å². The van der Waals surface area contributed by atoms with Crippen molar-refractivity contribution in [3.8, 4) is 0 Å². The molecular formula is C12H17N7OS. The van der Waals surface area contributed by atoms with E-state index in [0.717, 1.165) is 36.2 Å². The van der Waals surface area contributed by atoms with Gasteiger partial charge in [-0.2, -0.15) is 0 Å². The van der Waals surface area contributed by atoms with E-state index in [1.165, 1.54) is 11.3 Å². The first-order valence-electron chi connectivity index (χ1n) is 6.89. The Balaban J connectivity index is 1.58. The summed E-state index contributed by atoms with van der Waals surface area (Å²) in [4.78, 5) is 14.1. The average molecular weight is 307 g/mol. The van der Waals surface area contributed by atoms with Crippen molar-refractivity contribution in [3.63, 3.8) is 0 Å². The standard InChI is InChI=1S/C12H17N7OS/c1-3-9-15-16-10-6-18(4-5-19(9)10)7-11(20)13-12-17-14-8(2)21-12/h3-7H2,1-2H3,(H,13,17,20). The van der Waals surface area contributed by atoms with Crippen LogP contribution in [0.15, 0.2) is 0 Å². The minimum Gasteiger partial charge on any atom is -0.313 e. The number of aryl methyl sites for hydroxylation is 2. The number of aromatic nitrogens is 5. The highest BCUT2D eigenvalue weighted by atomic mass is 32.1. The first kappa shape index (κ1) is 14.1. The monoisotopic (exact) mass is 307 g/mol. The smallest absolute Gasteiger partial charge is 0.240 e. The summed E-state index contributed by atoms with van der Waals surface area (Å²) in [6.07, 6.45) is 0.879. The van der Waals surface area contributed by atoms with Crippen molar-refractivity contribution in [3.05, 3.63) is 16.7 Å². The van der Waals surface area contributed by atoms with Gasteiger partial charge < -0.3 is 4.57 Å². The maximum atomic E-state index is 12.0. The fourth-order valence-electron chi connectivity index (χ4n) is 2.37. The van der Waals surface area contributed by atoms with Gasteiger partial charge >= 0.3 is 0 Å². The number of carbonyl (C=O) groups is 1. The first-order valence-corrected chi connectivity index (χ1v) is 7.70.